The Hall–Kier alpha value is -0.910. The fourth-order valence-electron chi connectivity index (χ4n) is 3.52. The highest BCUT2D eigenvalue weighted by Crippen LogP contribution is 2.38. The van der Waals surface area contributed by atoms with Gasteiger partial charge in [-0.25, -0.2) is 4.98 Å². The Morgan fingerprint density at radius 2 is 2.33 bits per heavy atom. The van der Waals surface area contributed by atoms with Crippen LogP contribution in [0.3, 0.4) is 0 Å². The van der Waals surface area contributed by atoms with Crippen LogP contribution >= 0.6 is 11.3 Å². The molecule has 0 radical (unpaired) electrons. The maximum atomic E-state index is 4.77. The van der Waals surface area contributed by atoms with Gasteiger partial charge in [-0.1, -0.05) is 6.92 Å². The minimum Gasteiger partial charge on any atom is -0.309 e. The van der Waals surface area contributed by atoms with Gasteiger partial charge in [0.1, 0.15) is 0 Å². The summed E-state index contributed by atoms with van der Waals surface area (Å²) in [6, 6.07) is 0.698. The topological polar surface area (TPSA) is 32.6 Å². The number of rotatable bonds is 4. The number of hydrogen-bond acceptors (Lipinski definition) is 4. The van der Waals surface area contributed by atoms with E-state index in [1.807, 2.05) is 0 Å². The molecule has 2 aromatic heterocycles. The molecule has 1 aliphatic carbocycles. The van der Waals surface area contributed by atoms with Crippen molar-refractivity contribution in [2.24, 2.45) is 5.92 Å². The van der Waals surface area contributed by atoms with Gasteiger partial charge in [0.25, 0.3) is 0 Å². The molecule has 3 heterocycles. The first-order valence-electron chi connectivity index (χ1n) is 8.07. The predicted molar refractivity (Wildman–Crippen MR) is 86.7 cm³/mol. The van der Waals surface area contributed by atoms with Crippen molar-refractivity contribution >= 4 is 16.3 Å². The van der Waals surface area contributed by atoms with Crippen LogP contribution in [-0.4, -0.2) is 39.0 Å². The maximum Gasteiger partial charge on any atom is 0.193 e. The number of nitrogens with zero attached hydrogens (tertiary/aromatic N) is 3. The van der Waals surface area contributed by atoms with E-state index in [1.165, 1.54) is 25.0 Å². The Bertz CT molecular complexity index is 601. The lowest BCUT2D eigenvalue weighted by Crippen LogP contribution is -2.62. The summed E-state index contributed by atoms with van der Waals surface area (Å²) in [5.41, 5.74) is 1.47. The molecule has 2 atom stereocenters. The van der Waals surface area contributed by atoms with E-state index in [2.05, 4.69) is 46.2 Å². The predicted octanol–water partition coefficient (Wildman–Crippen LogP) is 2.75. The second kappa shape index (κ2) is 5.07. The fraction of sp³-hybridized carbons (Fsp3) is 0.688. The highest BCUT2D eigenvalue weighted by atomic mass is 32.1. The molecular formula is C16H24N4S. The van der Waals surface area contributed by atoms with E-state index in [1.54, 1.807) is 11.3 Å². The van der Waals surface area contributed by atoms with Crippen molar-refractivity contribution in [1.82, 2.24) is 19.6 Å². The number of imidazole rings is 1. The van der Waals surface area contributed by atoms with Crippen LogP contribution in [0.2, 0.25) is 0 Å². The quantitative estimate of drug-likeness (QED) is 0.943. The minimum atomic E-state index is 0.252. The smallest absolute Gasteiger partial charge is 0.193 e. The molecule has 114 valence electrons. The summed E-state index contributed by atoms with van der Waals surface area (Å²) >= 11 is 1.71. The van der Waals surface area contributed by atoms with E-state index < -0.39 is 0 Å². The van der Waals surface area contributed by atoms with Crippen molar-refractivity contribution in [1.29, 1.82) is 0 Å². The zero-order valence-corrected chi connectivity index (χ0v) is 13.7. The third-order valence-corrected chi connectivity index (χ3v) is 5.98. The summed E-state index contributed by atoms with van der Waals surface area (Å²) < 4.78 is 2.15. The summed E-state index contributed by atoms with van der Waals surface area (Å²) in [6.07, 6.45) is 8.29. The Morgan fingerprint density at radius 1 is 1.48 bits per heavy atom. The fourth-order valence-corrected chi connectivity index (χ4v) is 4.24. The summed E-state index contributed by atoms with van der Waals surface area (Å²) in [6.45, 7) is 7.91. The van der Waals surface area contributed by atoms with Crippen molar-refractivity contribution in [3.63, 3.8) is 0 Å². The van der Waals surface area contributed by atoms with Gasteiger partial charge in [0.2, 0.25) is 0 Å². The molecule has 4 rings (SSSR count). The highest BCUT2D eigenvalue weighted by Gasteiger charge is 2.41. The summed E-state index contributed by atoms with van der Waals surface area (Å²) in [5, 5.41) is 5.88. The largest absolute Gasteiger partial charge is 0.309 e. The van der Waals surface area contributed by atoms with Crippen molar-refractivity contribution < 1.29 is 0 Å². The molecule has 0 amide bonds. The third-order valence-electron chi connectivity index (χ3n) is 5.21. The molecule has 4 nitrogen and oxygen atoms in total. The van der Waals surface area contributed by atoms with E-state index in [9.17, 15) is 0 Å². The molecule has 0 aromatic carbocycles. The van der Waals surface area contributed by atoms with Gasteiger partial charge in [0, 0.05) is 49.0 Å². The van der Waals surface area contributed by atoms with Crippen LogP contribution in [0, 0.1) is 5.92 Å². The van der Waals surface area contributed by atoms with E-state index >= 15 is 0 Å². The molecule has 21 heavy (non-hydrogen) atoms. The average Bonchev–Trinajstić information content (AvgIpc) is 3.09. The first-order chi connectivity index (χ1) is 10.2. The lowest BCUT2D eigenvalue weighted by Gasteiger charge is -2.46. The molecule has 2 aromatic rings. The van der Waals surface area contributed by atoms with Crippen molar-refractivity contribution in [3.8, 4) is 0 Å². The Labute approximate surface area is 130 Å². The summed E-state index contributed by atoms with van der Waals surface area (Å²) in [5.74, 6) is 0.905. The van der Waals surface area contributed by atoms with Crippen molar-refractivity contribution in [2.45, 2.75) is 51.2 Å². The molecule has 2 unspecified atom stereocenters. The lowest BCUT2D eigenvalue weighted by atomic mass is 9.92. The molecule has 2 fully saturated rings. The van der Waals surface area contributed by atoms with Gasteiger partial charge in [-0.15, -0.1) is 11.3 Å². The number of hydrogen-bond donors (Lipinski definition) is 1. The Morgan fingerprint density at radius 3 is 3.05 bits per heavy atom. The van der Waals surface area contributed by atoms with Crippen LogP contribution in [0.5, 0.6) is 0 Å². The van der Waals surface area contributed by atoms with Crippen LogP contribution in [0.15, 0.2) is 17.8 Å². The van der Waals surface area contributed by atoms with E-state index in [-0.39, 0.29) is 5.54 Å². The first kappa shape index (κ1) is 13.7. The van der Waals surface area contributed by atoms with Crippen LogP contribution in [0.4, 0.5) is 0 Å². The second-order valence-corrected chi connectivity index (χ2v) is 7.80. The van der Waals surface area contributed by atoms with E-state index in [0.717, 1.165) is 30.5 Å². The standard InChI is InChI=1S/C16H24N4S/c1-3-16(2)11-20(14(8-17-16)12-4-5-12)10-13-9-19-6-7-21-15(19)18-13/h6-7,9,12,14,17H,3-5,8,10-11H2,1-2H3. The number of nitrogens with one attached hydrogen (secondary N) is 1. The highest BCUT2D eigenvalue weighted by molar-refractivity contribution is 7.15. The normalized spacial score (nSPS) is 31.0. The first-order valence-corrected chi connectivity index (χ1v) is 8.95. The van der Waals surface area contributed by atoms with Crippen LogP contribution < -0.4 is 5.32 Å². The molecule has 5 heteroatoms. The number of fused-ring (bicyclic) bond motifs is 1. The van der Waals surface area contributed by atoms with E-state index in [0.29, 0.717) is 6.04 Å². The van der Waals surface area contributed by atoms with Crippen LogP contribution in [0.1, 0.15) is 38.8 Å². The van der Waals surface area contributed by atoms with Gasteiger partial charge >= 0.3 is 0 Å². The van der Waals surface area contributed by atoms with Gasteiger partial charge < -0.3 is 5.32 Å². The Kier molecular flexibility index (Phi) is 3.32. The average molecular weight is 304 g/mol. The zero-order valence-electron chi connectivity index (χ0n) is 12.9. The van der Waals surface area contributed by atoms with E-state index in [4.69, 9.17) is 4.98 Å². The monoisotopic (exact) mass is 304 g/mol. The maximum absolute atomic E-state index is 4.77. The molecule has 1 saturated carbocycles. The number of thiazole rings is 1. The molecule has 2 aliphatic rings. The second-order valence-electron chi connectivity index (χ2n) is 6.93. The Balaban J connectivity index is 1.55. The van der Waals surface area contributed by atoms with Crippen molar-refractivity contribution in [2.75, 3.05) is 13.1 Å². The van der Waals surface area contributed by atoms with Crippen LogP contribution in [0.25, 0.3) is 4.96 Å². The van der Waals surface area contributed by atoms with Gasteiger partial charge in [-0.3, -0.25) is 9.30 Å². The zero-order chi connectivity index (χ0) is 14.4. The van der Waals surface area contributed by atoms with Gasteiger partial charge in [0.15, 0.2) is 4.96 Å². The van der Waals surface area contributed by atoms with Crippen molar-refractivity contribution in [3.05, 3.63) is 23.5 Å². The van der Waals surface area contributed by atoms with Crippen LogP contribution in [-0.2, 0) is 6.54 Å². The third kappa shape index (κ3) is 2.62. The summed E-state index contributed by atoms with van der Waals surface area (Å²) in [4.78, 5) is 8.57. The number of aromatic nitrogens is 2. The molecule has 0 bridgehead atoms. The molecular weight excluding hydrogens is 280 g/mol. The van der Waals surface area contributed by atoms with Gasteiger partial charge in [-0.05, 0) is 32.1 Å². The number of piperazine rings is 1. The van der Waals surface area contributed by atoms with Gasteiger partial charge in [-0.2, -0.15) is 0 Å². The SMILES string of the molecule is CCC1(C)CN(Cc2cn3ccsc3n2)C(C2CC2)CN1. The summed E-state index contributed by atoms with van der Waals surface area (Å²) in [7, 11) is 0. The molecule has 1 aliphatic heterocycles. The molecule has 0 spiro atoms. The van der Waals surface area contributed by atoms with Gasteiger partial charge in [0.05, 0.1) is 5.69 Å². The molecule has 1 N–H and O–H groups in total. The lowest BCUT2D eigenvalue weighted by molar-refractivity contribution is 0.0653. The minimum absolute atomic E-state index is 0.252. The molecule has 1 saturated heterocycles.